The molecule has 21 heavy (non-hydrogen) atoms. The van der Waals surface area contributed by atoms with E-state index in [1.165, 1.54) is 0 Å². The van der Waals surface area contributed by atoms with Crippen molar-refractivity contribution in [2.24, 2.45) is 0 Å². The molecular formula is C15H18N2O4. The number of hydroxylamine groups is 1. The van der Waals surface area contributed by atoms with Crippen molar-refractivity contribution >= 4 is 5.91 Å². The van der Waals surface area contributed by atoms with Crippen LogP contribution in [0.4, 0.5) is 0 Å². The van der Waals surface area contributed by atoms with E-state index in [1.54, 1.807) is 29.4 Å². The van der Waals surface area contributed by atoms with Gasteiger partial charge in [-0.25, -0.2) is 5.48 Å². The quantitative estimate of drug-likeness (QED) is 0.558. The van der Waals surface area contributed by atoms with Crippen LogP contribution >= 0.6 is 0 Å². The van der Waals surface area contributed by atoms with Crippen LogP contribution in [-0.2, 0) is 17.8 Å². The Balaban J connectivity index is 2.07. The van der Waals surface area contributed by atoms with Gasteiger partial charge in [0.15, 0.2) is 5.88 Å². The molecule has 0 aliphatic rings. The van der Waals surface area contributed by atoms with Gasteiger partial charge in [0.25, 0.3) is 0 Å². The molecule has 1 amide bonds. The van der Waals surface area contributed by atoms with E-state index in [0.29, 0.717) is 18.5 Å². The van der Waals surface area contributed by atoms with Crippen LogP contribution in [0, 0.1) is 0 Å². The number of ether oxygens (including phenoxy) is 1. The molecule has 112 valence electrons. The van der Waals surface area contributed by atoms with Crippen molar-refractivity contribution in [2.45, 2.75) is 19.4 Å². The summed E-state index contributed by atoms with van der Waals surface area (Å²) in [5, 5.41) is 18.6. The highest BCUT2D eigenvalue weighted by Crippen LogP contribution is 2.22. The predicted octanol–water partition coefficient (Wildman–Crippen LogP) is 1.69. The summed E-state index contributed by atoms with van der Waals surface area (Å²) >= 11 is 0. The molecule has 0 spiro atoms. The summed E-state index contributed by atoms with van der Waals surface area (Å²) < 4.78 is 6.86. The standard InChI is InChI=1S/C15H18N2O4/c1-21-13-4-2-3-11(9-13)10-17-8-7-12(15(17)19)5-6-14(18)16-20/h2-4,7-9,19-20H,5-6,10H2,1H3,(H,16,18). The fourth-order valence-corrected chi connectivity index (χ4v) is 2.10. The fraction of sp³-hybridized carbons (Fsp3) is 0.267. The molecule has 0 aliphatic carbocycles. The zero-order valence-corrected chi connectivity index (χ0v) is 11.7. The number of nitrogens with one attached hydrogen (secondary N) is 1. The first kappa shape index (κ1) is 14.9. The van der Waals surface area contributed by atoms with Crippen LogP contribution in [-0.4, -0.2) is 27.9 Å². The van der Waals surface area contributed by atoms with Gasteiger partial charge in [-0.3, -0.25) is 10.0 Å². The third-order valence-electron chi connectivity index (χ3n) is 3.25. The molecule has 2 aromatic rings. The average Bonchev–Trinajstić information content (AvgIpc) is 2.85. The number of hydrogen-bond acceptors (Lipinski definition) is 4. The first-order chi connectivity index (χ1) is 10.1. The first-order valence-corrected chi connectivity index (χ1v) is 6.57. The van der Waals surface area contributed by atoms with Crippen molar-refractivity contribution in [1.29, 1.82) is 0 Å². The van der Waals surface area contributed by atoms with E-state index < -0.39 is 5.91 Å². The van der Waals surface area contributed by atoms with Crippen LogP contribution in [0.3, 0.4) is 0 Å². The molecule has 6 heteroatoms. The Hall–Kier alpha value is -2.47. The lowest BCUT2D eigenvalue weighted by molar-refractivity contribution is -0.129. The van der Waals surface area contributed by atoms with E-state index in [0.717, 1.165) is 11.3 Å². The van der Waals surface area contributed by atoms with Crippen LogP contribution in [0.2, 0.25) is 0 Å². The minimum absolute atomic E-state index is 0.118. The molecule has 1 aromatic heterocycles. The maximum atomic E-state index is 11.0. The Morgan fingerprint density at radius 2 is 2.19 bits per heavy atom. The topological polar surface area (TPSA) is 83.7 Å². The van der Waals surface area contributed by atoms with Gasteiger partial charge in [0.05, 0.1) is 13.7 Å². The van der Waals surface area contributed by atoms with E-state index in [4.69, 9.17) is 9.94 Å². The van der Waals surface area contributed by atoms with E-state index in [9.17, 15) is 9.90 Å². The van der Waals surface area contributed by atoms with Crippen molar-refractivity contribution in [2.75, 3.05) is 7.11 Å². The van der Waals surface area contributed by atoms with Crippen molar-refractivity contribution in [3.05, 3.63) is 47.7 Å². The Morgan fingerprint density at radius 1 is 1.38 bits per heavy atom. The lowest BCUT2D eigenvalue weighted by Gasteiger charge is -2.08. The summed E-state index contributed by atoms with van der Waals surface area (Å²) in [6.45, 7) is 0.509. The molecule has 0 fully saturated rings. The lowest BCUT2D eigenvalue weighted by Crippen LogP contribution is -2.18. The summed E-state index contributed by atoms with van der Waals surface area (Å²) in [6.07, 6.45) is 2.25. The summed E-state index contributed by atoms with van der Waals surface area (Å²) in [7, 11) is 1.61. The van der Waals surface area contributed by atoms with E-state index in [2.05, 4.69) is 0 Å². The van der Waals surface area contributed by atoms with Gasteiger partial charge < -0.3 is 14.4 Å². The second kappa shape index (κ2) is 6.81. The van der Waals surface area contributed by atoms with Gasteiger partial charge in [-0.05, 0) is 30.2 Å². The van der Waals surface area contributed by atoms with Gasteiger partial charge >= 0.3 is 0 Å². The lowest BCUT2D eigenvalue weighted by atomic mass is 10.2. The van der Waals surface area contributed by atoms with Crippen molar-refractivity contribution < 1.29 is 19.8 Å². The largest absolute Gasteiger partial charge is 0.497 e. The number of aryl methyl sites for hydroxylation is 1. The minimum atomic E-state index is -0.477. The van der Waals surface area contributed by atoms with Crippen LogP contribution < -0.4 is 10.2 Å². The highest BCUT2D eigenvalue weighted by atomic mass is 16.5. The SMILES string of the molecule is COc1cccc(Cn2ccc(CCC(=O)NO)c2O)c1. The normalized spacial score (nSPS) is 10.4. The number of aromatic nitrogens is 1. The number of aromatic hydroxyl groups is 1. The van der Waals surface area contributed by atoms with Crippen LogP contribution in [0.1, 0.15) is 17.5 Å². The molecule has 1 heterocycles. The molecule has 0 saturated heterocycles. The van der Waals surface area contributed by atoms with Crippen molar-refractivity contribution in [1.82, 2.24) is 10.0 Å². The summed E-state index contributed by atoms with van der Waals surface area (Å²) in [6, 6.07) is 9.36. The number of carbonyl (C=O) groups is 1. The zero-order chi connectivity index (χ0) is 15.2. The number of methoxy groups -OCH3 is 1. The molecule has 3 N–H and O–H groups in total. The number of rotatable bonds is 6. The zero-order valence-electron chi connectivity index (χ0n) is 11.7. The van der Waals surface area contributed by atoms with Crippen LogP contribution in [0.15, 0.2) is 36.5 Å². The molecule has 0 unspecified atom stereocenters. The first-order valence-electron chi connectivity index (χ1n) is 6.57. The minimum Gasteiger partial charge on any atom is -0.497 e. The van der Waals surface area contributed by atoms with Crippen LogP contribution in [0.5, 0.6) is 11.6 Å². The predicted molar refractivity (Wildman–Crippen MR) is 76.4 cm³/mol. The third-order valence-corrected chi connectivity index (χ3v) is 3.25. The van der Waals surface area contributed by atoms with Crippen molar-refractivity contribution in [3.63, 3.8) is 0 Å². The maximum Gasteiger partial charge on any atom is 0.243 e. The van der Waals surface area contributed by atoms with E-state index in [1.807, 2.05) is 24.3 Å². The summed E-state index contributed by atoms with van der Waals surface area (Å²) in [5.74, 6) is 0.414. The highest BCUT2D eigenvalue weighted by molar-refractivity contribution is 5.74. The van der Waals surface area contributed by atoms with Gasteiger partial charge in [0.1, 0.15) is 5.75 Å². The summed E-state index contributed by atoms with van der Waals surface area (Å²) in [4.78, 5) is 11.0. The van der Waals surface area contributed by atoms with Gasteiger partial charge in [-0.15, -0.1) is 0 Å². The van der Waals surface area contributed by atoms with E-state index >= 15 is 0 Å². The molecule has 0 saturated carbocycles. The smallest absolute Gasteiger partial charge is 0.243 e. The van der Waals surface area contributed by atoms with Gasteiger partial charge in [-0.1, -0.05) is 12.1 Å². The van der Waals surface area contributed by atoms with Gasteiger partial charge in [0, 0.05) is 18.2 Å². The van der Waals surface area contributed by atoms with Crippen molar-refractivity contribution in [3.8, 4) is 11.6 Å². The Bertz CT molecular complexity index is 622. The Kier molecular flexibility index (Phi) is 4.84. The number of benzene rings is 1. The summed E-state index contributed by atoms with van der Waals surface area (Å²) in [5.41, 5.74) is 3.24. The Labute approximate surface area is 122 Å². The van der Waals surface area contributed by atoms with Crippen LogP contribution in [0.25, 0.3) is 0 Å². The highest BCUT2D eigenvalue weighted by Gasteiger charge is 2.10. The molecule has 6 nitrogen and oxygen atoms in total. The molecule has 0 radical (unpaired) electrons. The molecular weight excluding hydrogens is 272 g/mol. The maximum absolute atomic E-state index is 11.0. The van der Waals surface area contributed by atoms with E-state index in [-0.39, 0.29) is 12.3 Å². The number of amides is 1. The molecule has 0 atom stereocenters. The average molecular weight is 290 g/mol. The monoisotopic (exact) mass is 290 g/mol. The second-order valence-corrected chi connectivity index (χ2v) is 4.68. The second-order valence-electron chi connectivity index (χ2n) is 4.68. The fourth-order valence-electron chi connectivity index (χ4n) is 2.10. The van der Waals surface area contributed by atoms with Gasteiger partial charge in [0.2, 0.25) is 5.91 Å². The molecule has 1 aromatic carbocycles. The third kappa shape index (κ3) is 3.76. The number of hydrogen-bond donors (Lipinski definition) is 3. The molecule has 0 bridgehead atoms. The molecule has 0 aliphatic heterocycles. The Morgan fingerprint density at radius 3 is 2.90 bits per heavy atom. The molecule has 2 rings (SSSR count). The van der Waals surface area contributed by atoms with Gasteiger partial charge in [-0.2, -0.15) is 0 Å². The number of carbonyl (C=O) groups excluding carboxylic acids is 1. The number of nitrogens with zero attached hydrogens (tertiary/aromatic N) is 1.